The average Bonchev–Trinajstić information content (AvgIpc) is 2.46. The lowest BCUT2D eigenvalue weighted by molar-refractivity contribution is 0.0943. The van der Waals surface area contributed by atoms with E-state index in [-0.39, 0.29) is 12.0 Å². The van der Waals surface area contributed by atoms with E-state index in [0.29, 0.717) is 16.9 Å². The molecular formula is C17H24ClNO2. The van der Waals surface area contributed by atoms with Gasteiger partial charge in [0.1, 0.15) is 5.75 Å². The highest BCUT2D eigenvalue weighted by molar-refractivity contribution is 6.20. The maximum Gasteiger partial charge on any atom is 0.251 e. The molecule has 0 radical (unpaired) electrons. The standard InChI is InChI=1S/C17H24ClNO2/c1-12(2)21-16-5-3-4-14(10-16)17(20)19-11-13-6-8-15(18)9-7-13/h3-5,10,12-13,15H,6-9,11H2,1-2H3,(H,19,20). The summed E-state index contributed by atoms with van der Waals surface area (Å²) in [5.74, 6) is 1.26. The molecule has 1 saturated carbocycles. The molecule has 1 aliphatic carbocycles. The Bertz CT molecular complexity index is 468. The smallest absolute Gasteiger partial charge is 0.251 e. The Hall–Kier alpha value is -1.22. The zero-order valence-electron chi connectivity index (χ0n) is 12.8. The molecule has 4 heteroatoms. The van der Waals surface area contributed by atoms with Crippen molar-refractivity contribution in [3.8, 4) is 5.75 Å². The highest BCUT2D eigenvalue weighted by Crippen LogP contribution is 2.27. The molecule has 1 aromatic carbocycles. The van der Waals surface area contributed by atoms with Gasteiger partial charge in [0.2, 0.25) is 0 Å². The highest BCUT2D eigenvalue weighted by atomic mass is 35.5. The van der Waals surface area contributed by atoms with Crippen molar-refractivity contribution < 1.29 is 9.53 Å². The fourth-order valence-corrected chi connectivity index (χ4v) is 2.90. The van der Waals surface area contributed by atoms with Crippen molar-refractivity contribution >= 4 is 17.5 Å². The second kappa shape index (κ2) is 7.69. The van der Waals surface area contributed by atoms with Gasteiger partial charge in [-0.05, 0) is 63.6 Å². The third-order valence-corrected chi connectivity index (χ3v) is 4.23. The number of benzene rings is 1. The molecule has 0 saturated heterocycles. The van der Waals surface area contributed by atoms with Crippen LogP contribution in [0, 0.1) is 5.92 Å². The van der Waals surface area contributed by atoms with Gasteiger partial charge in [-0.2, -0.15) is 0 Å². The molecule has 0 aromatic heterocycles. The number of rotatable bonds is 5. The van der Waals surface area contributed by atoms with Crippen LogP contribution >= 0.6 is 11.6 Å². The first-order valence-corrected chi connectivity index (χ1v) is 8.17. The first-order chi connectivity index (χ1) is 10.0. The number of nitrogens with one attached hydrogen (secondary N) is 1. The van der Waals surface area contributed by atoms with Crippen molar-refractivity contribution in [1.29, 1.82) is 0 Å². The van der Waals surface area contributed by atoms with Crippen molar-refractivity contribution in [2.45, 2.75) is 51.0 Å². The minimum Gasteiger partial charge on any atom is -0.491 e. The molecule has 1 fully saturated rings. The fourth-order valence-electron chi connectivity index (χ4n) is 2.65. The summed E-state index contributed by atoms with van der Waals surface area (Å²) in [7, 11) is 0. The number of carbonyl (C=O) groups excluding carboxylic acids is 1. The van der Waals surface area contributed by atoms with Gasteiger partial charge in [0.05, 0.1) is 6.10 Å². The molecule has 0 spiro atoms. The molecule has 0 bridgehead atoms. The van der Waals surface area contributed by atoms with E-state index in [0.717, 1.165) is 38.0 Å². The SMILES string of the molecule is CC(C)Oc1cccc(C(=O)NCC2CCC(Cl)CC2)c1. The Labute approximate surface area is 132 Å². The van der Waals surface area contributed by atoms with Gasteiger partial charge in [0.25, 0.3) is 5.91 Å². The van der Waals surface area contributed by atoms with Gasteiger partial charge >= 0.3 is 0 Å². The second-order valence-electron chi connectivity index (χ2n) is 6.02. The summed E-state index contributed by atoms with van der Waals surface area (Å²) in [5.41, 5.74) is 0.652. The first kappa shape index (κ1) is 16.2. The van der Waals surface area contributed by atoms with Crippen LogP contribution in [0.1, 0.15) is 49.9 Å². The van der Waals surface area contributed by atoms with Gasteiger partial charge in [0.15, 0.2) is 0 Å². The summed E-state index contributed by atoms with van der Waals surface area (Å²) >= 11 is 6.10. The molecular weight excluding hydrogens is 286 g/mol. The van der Waals surface area contributed by atoms with E-state index in [1.807, 2.05) is 32.0 Å². The molecule has 21 heavy (non-hydrogen) atoms. The predicted molar refractivity (Wildman–Crippen MR) is 86.1 cm³/mol. The lowest BCUT2D eigenvalue weighted by Gasteiger charge is -2.25. The van der Waals surface area contributed by atoms with Crippen molar-refractivity contribution in [2.75, 3.05) is 6.54 Å². The van der Waals surface area contributed by atoms with Gasteiger partial charge in [-0.25, -0.2) is 0 Å². The van der Waals surface area contributed by atoms with Crippen LogP contribution in [0.25, 0.3) is 0 Å². The van der Waals surface area contributed by atoms with E-state index in [9.17, 15) is 4.79 Å². The lowest BCUT2D eigenvalue weighted by atomic mass is 9.89. The van der Waals surface area contributed by atoms with Crippen LogP contribution in [0.5, 0.6) is 5.75 Å². The summed E-state index contributed by atoms with van der Waals surface area (Å²) in [4.78, 5) is 12.2. The van der Waals surface area contributed by atoms with E-state index in [2.05, 4.69) is 5.32 Å². The Morgan fingerprint density at radius 3 is 2.71 bits per heavy atom. The number of carbonyl (C=O) groups is 1. The average molecular weight is 310 g/mol. The number of hydrogen-bond donors (Lipinski definition) is 1. The van der Waals surface area contributed by atoms with Gasteiger partial charge in [0, 0.05) is 17.5 Å². The Kier molecular flexibility index (Phi) is 5.92. The molecule has 1 N–H and O–H groups in total. The first-order valence-electron chi connectivity index (χ1n) is 7.73. The lowest BCUT2D eigenvalue weighted by Crippen LogP contribution is -2.31. The molecule has 0 atom stereocenters. The molecule has 2 rings (SSSR count). The number of alkyl halides is 1. The predicted octanol–water partition coefficient (Wildman–Crippen LogP) is 4.00. The number of halogens is 1. The van der Waals surface area contributed by atoms with Crippen LogP contribution < -0.4 is 10.1 Å². The summed E-state index contributed by atoms with van der Waals surface area (Å²) in [6.45, 7) is 4.68. The van der Waals surface area contributed by atoms with Gasteiger partial charge in [-0.3, -0.25) is 4.79 Å². The van der Waals surface area contributed by atoms with E-state index in [1.54, 1.807) is 6.07 Å². The minimum atomic E-state index is -0.0304. The molecule has 116 valence electrons. The van der Waals surface area contributed by atoms with Crippen molar-refractivity contribution in [3.05, 3.63) is 29.8 Å². The largest absolute Gasteiger partial charge is 0.491 e. The maximum atomic E-state index is 12.2. The van der Waals surface area contributed by atoms with Crippen LogP contribution in [-0.2, 0) is 0 Å². The van der Waals surface area contributed by atoms with Crippen molar-refractivity contribution in [1.82, 2.24) is 5.32 Å². The summed E-state index contributed by atoms with van der Waals surface area (Å²) in [6.07, 6.45) is 4.42. The zero-order chi connectivity index (χ0) is 15.2. The van der Waals surface area contributed by atoms with Gasteiger partial charge in [-0.1, -0.05) is 6.07 Å². The second-order valence-corrected chi connectivity index (χ2v) is 6.64. The van der Waals surface area contributed by atoms with Crippen LogP contribution in [0.15, 0.2) is 24.3 Å². The Balaban J connectivity index is 1.85. The normalized spacial score (nSPS) is 22.1. The summed E-state index contributed by atoms with van der Waals surface area (Å²) in [6, 6.07) is 7.34. The van der Waals surface area contributed by atoms with E-state index in [4.69, 9.17) is 16.3 Å². The molecule has 3 nitrogen and oxygen atoms in total. The number of amides is 1. The number of ether oxygens (including phenoxy) is 1. The van der Waals surface area contributed by atoms with E-state index < -0.39 is 0 Å². The Morgan fingerprint density at radius 1 is 1.33 bits per heavy atom. The topological polar surface area (TPSA) is 38.3 Å². The van der Waals surface area contributed by atoms with Crippen LogP contribution in [0.3, 0.4) is 0 Å². The molecule has 1 aromatic rings. The summed E-state index contributed by atoms with van der Waals surface area (Å²) in [5, 5.41) is 3.35. The molecule has 0 unspecified atom stereocenters. The van der Waals surface area contributed by atoms with E-state index >= 15 is 0 Å². The molecule has 0 heterocycles. The summed E-state index contributed by atoms with van der Waals surface area (Å²) < 4.78 is 5.62. The van der Waals surface area contributed by atoms with Crippen molar-refractivity contribution in [2.24, 2.45) is 5.92 Å². The quantitative estimate of drug-likeness (QED) is 0.835. The van der Waals surface area contributed by atoms with Gasteiger partial charge in [-0.15, -0.1) is 11.6 Å². The molecule has 0 aliphatic heterocycles. The fraction of sp³-hybridized carbons (Fsp3) is 0.588. The number of hydrogen-bond acceptors (Lipinski definition) is 2. The maximum absolute atomic E-state index is 12.2. The third kappa shape index (κ3) is 5.24. The van der Waals surface area contributed by atoms with Crippen LogP contribution in [0.2, 0.25) is 0 Å². The van der Waals surface area contributed by atoms with Crippen LogP contribution in [0.4, 0.5) is 0 Å². The molecule has 1 aliphatic rings. The highest BCUT2D eigenvalue weighted by Gasteiger charge is 2.20. The molecule has 1 amide bonds. The minimum absolute atomic E-state index is 0.0304. The Morgan fingerprint density at radius 2 is 2.05 bits per heavy atom. The van der Waals surface area contributed by atoms with Gasteiger partial charge < -0.3 is 10.1 Å². The van der Waals surface area contributed by atoms with Crippen molar-refractivity contribution in [3.63, 3.8) is 0 Å². The van der Waals surface area contributed by atoms with E-state index in [1.165, 1.54) is 0 Å². The monoisotopic (exact) mass is 309 g/mol. The third-order valence-electron chi connectivity index (χ3n) is 3.80. The van der Waals surface area contributed by atoms with Crippen LogP contribution in [-0.4, -0.2) is 23.9 Å². The zero-order valence-corrected chi connectivity index (χ0v) is 13.5.